The lowest BCUT2D eigenvalue weighted by Crippen LogP contribution is -2.48. The second kappa shape index (κ2) is 9.20. The van der Waals surface area contributed by atoms with Crippen molar-refractivity contribution in [3.63, 3.8) is 0 Å². The summed E-state index contributed by atoms with van der Waals surface area (Å²) < 4.78 is 10.3. The van der Waals surface area contributed by atoms with Crippen LogP contribution in [-0.4, -0.2) is 72.4 Å². The summed E-state index contributed by atoms with van der Waals surface area (Å²) in [5, 5.41) is 12.0. The smallest absolute Gasteiger partial charge is 0.407 e. The van der Waals surface area contributed by atoms with Crippen LogP contribution in [0.3, 0.4) is 0 Å². The molecule has 0 spiro atoms. The zero-order valence-corrected chi connectivity index (χ0v) is 16.3. The highest BCUT2D eigenvalue weighted by atomic mass is 16.5. The molecule has 1 aliphatic rings. The average molecular weight is 401 g/mol. The lowest BCUT2D eigenvalue weighted by Gasteiger charge is -2.34. The molecule has 0 radical (unpaired) electrons. The van der Waals surface area contributed by atoms with E-state index in [1.165, 1.54) is 12.0 Å². The summed E-state index contributed by atoms with van der Waals surface area (Å²) in [6, 6.07) is 5.08. The van der Waals surface area contributed by atoms with E-state index in [9.17, 15) is 9.59 Å². The van der Waals surface area contributed by atoms with Crippen LogP contribution in [0.1, 0.15) is 15.9 Å². The van der Waals surface area contributed by atoms with Gasteiger partial charge in [-0.2, -0.15) is 0 Å². The molecule has 2 aromatic heterocycles. The summed E-state index contributed by atoms with van der Waals surface area (Å²) in [6.45, 7) is 2.02. The van der Waals surface area contributed by atoms with Crippen molar-refractivity contribution in [1.29, 1.82) is 0 Å². The number of pyridine rings is 2. The number of aromatic nitrogens is 2. The maximum Gasteiger partial charge on any atom is 0.407 e. The Morgan fingerprint density at radius 2 is 1.97 bits per heavy atom. The molecule has 10 nitrogen and oxygen atoms in total. The lowest BCUT2D eigenvalue weighted by atomic mass is 10.2. The van der Waals surface area contributed by atoms with Crippen LogP contribution in [0.25, 0.3) is 0 Å². The minimum Gasteiger partial charge on any atom is -0.480 e. The number of carboxylic acid groups (broad SMARTS) is 1. The molecule has 0 aliphatic carbocycles. The lowest BCUT2D eigenvalue weighted by molar-refractivity contribution is 0.102. The van der Waals surface area contributed by atoms with Crippen molar-refractivity contribution >= 4 is 23.5 Å². The van der Waals surface area contributed by atoms with Gasteiger partial charge < -0.3 is 29.7 Å². The first kappa shape index (κ1) is 20.3. The van der Waals surface area contributed by atoms with Crippen LogP contribution in [0.4, 0.5) is 16.3 Å². The standard InChI is InChI=1S/C19H23N5O5/c1-28-12-13-10-15(22-17(25)14-4-3-5-20-18(14)29-2)16(21-11-13)23-6-8-24(9-7-23)19(26)27/h3-5,10-11H,6-9,12H2,1-2H3,(H,22,25)(H,26,27). The number of carbonyl (C=O) groups excluding carboxylic acids is 1. The fourth-order valence-corrected chi connectivity index (χ4v) is 3.12. The van der Waals surface area contributed by atoms with Crippen molar-refractivity contribution in [2.75, 3.05) is 50.6 Å². The van der Waals surface area contributed by atoms with Crippen molar-refractivity contribution in [2.24, 2.45) is 0 Å². The predicted molar refractivity (Wildman–Crippen MR) is 106 cm³/mol. The van der Waals surface area contributed by atoms with Gasteiger partial charge in [0.25, 0.3) is 5.91 Å². The van der Waals surface area contributed by atoms with Gasteiger partial charge in [-0.05, 0) is 23.8 Å². The fraction of sp³-hybridized carbons (Fsp3) is 0.368. The molecule has 1 aliphatic heterocycles. The van der Waals surface area contributed by atoms with Gasteiger partial charge in [0.15, 0.2) is 5.82 Å². The van der Waals surface area contributed by atoms with Crippen LogP contribution in [0.2, 0.25) is 0 Å². The molecular formula is C19H23N5O5. The third kappa shape index (κ3) is 4.72. The Morgan fingerprint density at radius 1 is 1.21 bits per heavy atom. The Morgan fingerprint density at radius 3 is 2.62 bits per heavy atom. The summed E-state index contributed by atoms with van der Waals surface area (Å²) >= 11 is 0. The van der Waals surface area contributed by atoms with E-state index in [-0.39, 0.29) is 11.8 Å². The Balaban J connectivity index is 1.86. The van der Waals surface area contributed by atoms with Gasteiger partial charge in [0.05, 0.1) is 19.4 Å². The molecule has 0 aromatic carbocycles. The quantitative estimate of drug-likeness (QED) is 0.751. The molecule has 0 saturated carbocycles. The van der Waals surface area contributed by atoms with Crippen molar-refractivity contribution in [3.8, 4) is 5.88 Å². The number of piperazine rings is 1. The Hall–Kier alpha value is -3.40. The van der Waals surface area contributed by atoms with E-state index in [0.29, 0.717) is 49.9 Å². The monoisotopic (exact) mass is 401 g/mol. The Bertz CT molecular complexity index is 883. The highest BCUT2D eigenvalue weighted by molar-refractivity contribution is 6.07. The molecule has 3 rings (SSSR count). The second-order valence-corrected chi connectivity index (χ2v) is 6.42. The number of hydrogen-bond acceptors (Lipinski definition) is 7. The number of ether oxygens (including phenoxy) is 2. The van der Waals surface area contributed by atoms with Crippen LogP contribution in [0.5, 0.6) is 5.88 Å². The van der Waals surface area contributed by atoms with Crippen LogP contribution in [-0.2, 0) is 11.3 Å². The second-order valence-electron chi connectivity index (χ2n) is 6.42. The third-order valence-corrected chi connectivity index (χ3v) is 4.54. The molecule has 2 aromatic rings. The minimum atomic E-state index is -0.940. The zero-order chi connectivity index (χ0) is 20.8. The van der Waals surface area contributed by atoms with Gasteiger partial charge in [-0.3, -0.25) is 4.79 Å². The normalized spacial score (nSPS) is 13.9. The Kier molecular flexibility index (Phi) is 6.45. The molecule has 0 unspecified atom stereocenters. The van der Waals surface area contributed by atoms with Crippen molar-refractivity contribution < 1.29 is 24.2 Å². The van der Waals surface area contributed by atoms with Gasteiger partial charge >= 0.3 is 6.09 Å². The van der Waals surface area contributed by atoms with E-state index in [2.05, 4.69) is 15.3 Å². The van der Waals surface area contributed by atoms with Crippen molar-refractivity contribution in [3.05, 3.63) is 41.7 Å². The maximum absolute atomic E-state index is 12.8. The molecule has 3 heterocycles. The van der Waals surface area contributed by atoms with Gasteiger partial charge in [-0.15, -0.1) is 0 Å². The van der Waals surface area contributed by atoms with Crippen LogP contribution >= 0.6 is 0 Å². The zero-order valence-electron chi connectivity index (χ0n) is 16.3. The summed E-state index contributed by atoms with van der Waals surface area (Å²) in [6.07, 6.45) is 2.29. The number of nitrogens with zero attached hydrogens (tertiary/aromatic N) is 4. The van der Waals surface area contributed by atoms with Crippen molar-refractivity contribution in [1.82, 2.24) is 14.9 Å². The van der Waals surface area contributed by atoms with Gasteiger partial charge in [-0.1, -0.05) is 0 Å². The first-order valence-corrected chi connectivity index (χ1v) is 9.04. The van der Waals surface area contributed by atoms with E-state index >= 15 is 0 Å². The van der Waals surface area contributed by atoms with Gasteiger partial charge in [0.2, 0.25) is 5.88 Å². The topological polar surface area (TPSA) is 117 Å². The number of nitrogens with one attached hydrogen (secondary N) is 1. The molecule has 1 fully saturated rings. The molecule has 0 bridgehead atoms. The number of amides is 2. The highest BCUT2D eigenvalue weighted by Gasteiger charge is 2.24. The molecular weight excluding hydrogens is 378 g/mol. The molecule has 154 valence electrons. The minimum absolute atomic E-state index is 0.225. The van der Waals surface area contributed by atoms with Crippen LogP contribution in [0, 0.1) is 0 Å². The van der Waals surface area contributed by atoms with Gasteiger partial charge in [0.1, 0.15) is 5.56 Å². The maximum atomic E-state index is 12.8. The van der Waals surface area contributed by atoms with Crippen LogP contribution < -0.4 is 15.0 Å². The molecule has 2 amide bonds. The van der Waals surface area contributed by atoms with E-state index in [4.69, 9.17) is 14.6 Å². The molecule has 10 heteroatoms. The van der Waals surface area contributed by atoms with E-state index < -0.39 is 6.09 Å². The number of methoxy groups -OCH3 is 2. The number of anilines is 2. The third-order valence-electron chi connectivity index (χ3n) is 4.54. The first-order valence-electron chi connectivity index (χ1n) is 9.04. The first-order chi connectivity index (χ1) is 14.0. The van der Waals surface area contributed by atoms with E-state index in [0.717, 1.165) is 5.56 Å². The number of carbonyl (C=O) groups is 2. The highest BCUT2D eigenvalue weighted by Crippen LogP contribution is 2.27. The summed E-state index contributed by atoms with van der Waals surface area (Å²) in [5.74, 6) is 0.422. The van der Waals surface area contributed by atoms with Gasteiger partial charge in [0, 0.05) is 45.7 Å². The fourth-order valence-electron chi connectivity index (χ4n) is 3.12. The predicted octanol–water partition coefficient (Wildman–Crippen LogP) is 1.68. The summed E-state index contributed by atoms with van der Waals surface area (Å²) in [5.41, 5.74) is 1.61. The molecule has 2 N–H and O–H groups in total. The number of rotatable bonds is 6. The van der Waals surface area contributed by atoms with Crippen molar-refractivity contribution in [2.45, 2.75) is 6.61 Å². The molecule has 29 heavy (non-hydrogen) atoms. The average Bonchev–Trinajstić information content (AvgIpc) is 2.74. The van der Waals surface area contributed by atoms with E-state index in [1.54, 1.807) is 37.7 Å². The van der Waals surface area contributed by atoms with E-state index in [1.807, 2.05) is 4.90 Å². The van der Waals surface area contributed by atoms with Crippen LogP contribution in [0.15, 0.2) is 30.6 Å². The molecule has 1 saturated heterocycles. The largest absolute Gasteiger partial charge is 0.480 e. The summed E-state index contributed by atoms with van der Waals surface area (Å²) in [4.78, 5) is 35.9. The summed E-state index contributed by atoms with van der Waals surface area (Å²) in [7, 11) is 3.03. The molecule has 0 atom stereocenters. The Labute approximate surface area is 168 Å². The number of hydrogen-bond donors (Lipinski definition) is 2. The van der Waals surface area contributed by atoms with Gasteiger partial charge in [-0.25, -0.2) is 14.8 Å². The SMILES string of the molecule is COCc1cnc(N2CCN(C(=O)O)CC2)c(NC(=O)c2cccnc2OC)c1.